The largest absolute Gasteiger partial charge is 0.444 e. The number of amides is 2. The van der Waals surface area contributed by atoms with Crippen molar-refractivity contribution in [3.8, 4) is 0 Å². The molecule has 1 fully saturated rings. The van der Waals surface area contributed by atoms with Crippen LogP contribution < -0.4 is 16.0 Å². The minimum atomic E-state index is -2.69. The summed E-state index contributed by atoms with van der Waals surface area (Å²) in [7, 11) is 0. The monoisotopic (exact) mass is 565 g/mol. The SMILES string of the molecule is CC(C)(C)OC(=O)N1CCN(c2ccc(CCNC(=O)c3sc4nc(C(F)F)ccc4c3N)cc2Cl)CC1. The number of hydrogen-bond acceptors (Lipinski definition) is 7. The van der Waals surface area contributed by atoms with Crippen LogP contribution in [0.3, 0.4) is 0 Å². The van der Waals surface area contributed by atoms with Gasteiger partial charge in [-0.25, -0.2) is 18.6 Å². The lowest BCUT2D eigenvalue weighted by Crippen LogP contribution is -2.50. The minimum absolute atomic E-state index is 0.231. The van der Waals surface area contributed by atoms with Crippen molar-refractivity contribution in [3.05, 3.63) is 51.5 Å². The Morgan fingerprint density at radius 1 is 1.18 bits per heavy atom. The van der Waals surface area contributed by atoms with Crippen molar-refractivity contribution < 1.29 is 23.1 Å². The van der Waals surface area contributed by atoms with Gasteiger partial charge in [0.1, 0.15) is 21.0 Å². The molecule has 0 aliphatic carbocycles. The summed E-state index contributed by atoms with van der Waals surface area (Å²) in [6.45, 7) is 8.23. The molecule has 0 unspecified atom stereocenters. The normalized spacial score (nSPS) is 14.3. The number of anilines is 2. The van der Waals surface area contributed by atoms with Gasteiger partial charge < -0.3 is 25.6 Å². The number of alkyl halides is 2. The number of halogens is 3. The van der Waals surface area contributed by atoms with E-state index >= 15 is 0 Å². The molecule has 0 spiro atoms. The molecule has 4 rings (SSSR count). The zero-order valence-corrected chi connectivity index (χ0v) is 23.0. The van der Waals surface area contributed by atoms with Crippen molar-refractivity contribution >= 4 is 56.5 Å². The fraction of sp³-hybridized carbons (Fsp3) is 0.423. The molecule has 1 saturated heterocycles. The molecule has 3 aromatic rings. The van der Waals surface area contributed by atoms with Crippen molar-refractivity contribution in [1.29, 1.82) is 0 Å². The van der Waals surface area contributed by atoms with Gasteiger partial charge in [0.2, 0.25) is 0 Å². The number of pyridine rings is 1. The fourth-order valence-corrected chi connectivity index (χ4v) is 5.46. The molecule has 3 heterocycles. The van der Waals surface area contributed by atoms with E-state index in [1.807, 2.05) is 39.0 Å². The van der Waals surface area contributed by atoms with Crippen LogP contribution in [0, 0.1) is 0 Å². The predicted octanol–water partition coefficient (Wildman–Crippen LogP) is 5.50. The summed E-state index contributed by atoms with van der Waals surface area (Å²) >= 11 is 7.57. The first-order valence-corrected chi connectivity index (χ1v) is 13.4. The van der Waals surface area contributed by atoms with Gasteiger partial charge in [-0.1, -0.05) is 17.7 Å². The summed E-state index contributed by atoms with van der Waals surface area (Å²) in [5.74, 6) is -0.380. The molecule has 0 saturated carbocycles. The maximum Gasteiger partial charge on any atom is 0.410 e. The highest BCUT2D eigenvalue weighted by Crippen LogP contribution is 2.34. The van der Waals surface area contributed by atoms with Crippen LogP contribution in [0.4, 0.5) is 25.0 Å². The second-order valence-electron chi connectivity index (χ2n) is 9.98. The number of benzene rings is 1. The van der Waals surface area contributed by atoms with Crippen molar-refractivity contribution in [2.75, 3.05) is 43.4 Å². The second-order valence-corrected chi connectivity index (χ2v) is 11.4. The van der Waals surface area contributed by atoms with Crippen molar-refractivity contribution in [3.63, 3.8) is 0 Å². The summed E-state index contributed by atoms with van der Waals surface area (Å²) in [4.78, 5) is 33.3. The van der Waals surface area contributed by atoms with Crippen LogP contribution in [-0.4, -0.2) is 60.2 Å². The molecule has 0 radical (unpaired) electrons. The summed E-state index contributed by atoms with van der Waals surface area (Å²) in [5, 5.41) is 3.91. The Morgan fingerprint density at radius 2 is 1.89 bits per heavy atom. The Labute approximate surface area is 228 Å². The molecule has 12 heteroatoms. The number of nitrogens with one attached hydrogen (secondary N) is 1. The number of aromatic nitrogens is 1. The van der Waals surface area contributed by atoms with Gasteiger partial charge >= 0.3 is 6.09 Å². The lowest BCUT2D eigenvalue weighted by Gasteiger charge is -2.37. The fourth-order valence-electron chi connectivity index (χ4n) is 4.12. The number of thiophene rings is 1. The van der Waals surface area contributed by atoms with E-state index in [-0.39, 0.29) is 28.3 Å². The zero-order valence-electron chi connectivity index (χ0n) is 21.4. The van der Waals surface area contributed by atoms with Gasteiger partial charge in [-0.05, 0) is 57.0 Å². The van der Waals surface area contributed by atoms with Crippen molar-refractivity contribution in [1.82, 2.24) is 15.2 Å². The molecule has 2 aromatic heterocycles. The van der Waals surface area contributed by atoms with Gasteiger partial charge in [-0.3, -0.25) is 4.79 Å². The number of hydrogen-bond donors (Lipinski definition) is 2. The van der Waals surface area contributed by atoms with Crippen LogP contribution in [0.25, 0.3) is 10.2 Å². The van der Waals surface area contributed by atoms with E-state index in [4.69, 9.17) is 22.1 Å². The van der Waals surface area contributed by atoms with E-state index in [0.717, 1.165) is 22.6 Å². The molecule has 1 aliphatic rings. The Balaban J connectivity index is 1.31. The van der Waals surface area contributed by atoms with Gasteiger partial charge in [0.25, 0.3) is 12.3 Å². The molecule has 1 aromatic carbocycles. The Bertz CT molecular complexity index is 1340. The second kappa shape index (κ2) is 11.3. The number of fused-ring (bicyclic) bond motifs is 1. The smallest absolute Gasteiger partial charge is 0.410 e. The maximum atomic E-state index is 12.9. The Hall–Kier alpha value is -3.18. The number of carbonyl (C=O) groups excluding carboxylic acids is 2. The van der Waals surface area contributed by atoms with Crippen LogP contribution in [0.5, 0.6) is 0 Å². The minimum Gasteiger partial charge on any atom is -0.444 e. The van der Waals surface area contributed by atoms with Crippen molar-refractivity contribution in [2.24, 2.45) is 0 Å². The highest BCUT2D eigenvalue weighted by molar-refractivity contribution is 7.21. The van der Waals surface area contributed by atoms with Gasteiger partial charge in [0.05, 0.1) is 16.4 Å². The number of piperazine rings is 1. The molecule has 0 atom stereocenters. The first kappa shape index (κ1) is 27.8. The number of ether oxygens (including phenoxy) is 1. The predicted molar refractivity (Wildman–Crippen MR) is 146 cm³/mol. The number of rotatable bonds is 6. The first-order chi connectivity index (χ1) is 17.9. The average molecular weight is 566 g/mol. The molecule has 1 aliphatic heterocycles. The van der Waals surface area contributed by atoms with Crippen LogP contribution >= 0.6 is 22.9 Å². The number of carbonyl (C=O) groups is 2. The summed E-state index contributed by atoms with van der Waals surface area (Å²) in [5.41, 5.74) is 7.26. The van der Waals surface area contributed by atoms with Gasteiger partial charge in [0.15, 0.2) is 0 Å². The summed E-state index contributed by atoms with van der Waals surface area (Å²) in [6.07, 6.45) is -2.47. The standard InChI is InChI=1S/C26H30ClF2N5O3S/c1-26(2,3)37-25(36)34-12-10-33(11-13-34)19-7-4-15(14-17(19)27)8-9-31-23(35)21-20(30)16-5-6-18(22(28)29)32-24(16)38-21/h4-7,14,22H,8-13,30H2,1-3H3,(H,31,35). The summed E-state index contributed by atoms with van der Waals surface area (Å²) in [6, 6.07) is 8.45. The lowest BCUT2D eigenvalue weighted by molar-refractivity contribution is 0.0240. The molecule has 8 nitrogen and oxygen atoms in total. The van der Waals surface area contributed by atoms with E-state index in [0.29, 0.717) is 54.4 Å². The number of nitrogens with zero attached hydrogens (tertiary/aromatic N) is 3. The quantitative estimate of drug-likeness (QED) is 0.409. The molecular weight excluding hydrogens is 536 g/mol. The van der Waals surface area contributed by atoms with Crippen LogP contribution in [0.2, 0.25) is 5.02 Å². The Morgan fingerprint density at radius 3 is 2.53 bits per heavy atom. The van der Waals surface area contributed by atoms with E-state index in [1.165, 1.54) is 12.1 Å². The van der Waals surface area contributed by atoms with E-state index in [1.54, 1.807) is 4.90 Å². The zero-order chi connectivity index (χ0) is 27.6. The topological polar surface area (TPSA) is 101 Å². The van der Waals surface area contributed by atoms with Gasteiger partial charge in [0, 0.05) is 38.1 Å². The third-order valence-electron chi connectivity index (χ3n) is 6.03. The number of nitrogen functional groups attached to an aromatic ring is 1. The van der Waals surface area contributed by atoms with E-state index in [2.05, 4.69) is 15.2 Å². The molecule has 2 amide bonds. The van der Waals surface area contributed by atoms with E-state index in [9.17, 15) is 18.4 Å². The average Bonchev–Trinajstić information content (AvgIpc) is 3.19. The third-order valence-corrected chi connectivity index (χ3v) is 7.45. The molecular formula is C26H30ClF2N5O3S. The molecule has 38 heavy (non-hydrogen) atoms. The maximum absolute atomic E-state index is 12.9. The van der Waals surface area contributed by atoms with Crippen LogP contribution in [-0.2, 0) is 11.2 Å². The van der Waals surface area contributed by atoms with E-state index < -0.39 is 12.0 Å². The van der Waals surface area contributed by atoms with Crippen LogP contribution in [0.15, 0.2) is 30.3 Å². The molecule has 204 valence electrons. The van der Waals surface area contributed by atoms with Gasteiger partial charge in [-0.2, -0.15) is 0 Å². The third kappa shape index (κ3) is 6.44. The molecule has 0 bridgehead atoms. The highest BCUT2D eigenvalue weighted by atomic mass is 35.5. The lowest BCUT2D eigenvalue weighted by atomic mass is 10.1. The van der Waals surface area contributed by atoms with Gasteiger partial charge in [-0.15, -0.1) is 11.3 Å². The molecule has 3 N–H and O–H groups in total. The van der Waals surface area contributed by atoms with Crippen molar-refractivity contribution in [2.45, 2.75) is 39.2 Å². The summed E-state index contributed by atoms with van der Waals surface area (Å²) < 4.78 is 31.3. The number of nitrogens with two attached hydrogens (primary N) is 1. The highest BCUT2D eigenvalue weighted by Gasteiger charge is 2.26. The first-order valence-electron chi connectivity index (χ1n) is 12.2. The van der Waals surface area contributed by atoms with Crippen LogP contribution in [0.1, 0.15) is 48.1 Å². The Kier molecular flexibility index (Phi) is 8.27.